The van der Waals surface area contributed by atoms with Crippen molar-refractivity contribution in [3.8, 4) is 0 Å². The van der Waals surface area contributed by atoms with Gasteiger partial charge in [-0.15, -0.1) is 0 Å². The molecule has 0 aromatic heterocycles. The Balaban J connectivity index is 1.70. The molecule has 0 bridgehead atoms. The molecule has 7 heteroatoms. The zero-order valence-electron chi connectivity index (χ0n) is 16.0. The lowest BCUT2D eigenvalue weighted by molar-refractivity contribution is -0.131. The van der Waals surface area contributed by atoms with Crippen LogP contribution in [-0.2, 0) is 4.79 Å². The molecule has 27 heavy (non-hydrogen) atoms. The van der Waals surface area contributed by atoms with Crippen molar-refractivity contribution in [2.24, 2.45) is 0 Å². The van der Waals surface area contributed by atoms with E-state index in [1.807, 2.05) is 4.90 Å². The van der Waals surface area contributed by atoms with Crippen molar-refractivity contribution in [1.29, 1.82) is 0 Å². The molecule has 1 aromatic carbocycles. The summed E-state index contributed by atoms with van der Waals surface area (Å²) in [6, 6.07) is 4.21. The van der Waals surface area contributed by atoms with Crippen molar-refractivity contribution in [2.75, 3.05) is 40.3 Å². The highest BCUT2D eigenvalue weighted by Gasteiger charge is 2.42. The van der Waals surface area contributed by atoms with E-state index >= 15 is 0 Å². The first-order valence-electron chi connectivity index (χ1n) is 9.52. The van der Waals surface area contributed by atoms with Crippen molar-refractivity contribution < 1.29 is 14.0 Å². The highest BCUT2D eigenvalue weighted by molar-refractivity contribution is 6.30. The molecular formula is C20H27ClFN3O2. The number of benzene rings is 1. The van der Waals surface area contributed by atoms with E-state index in [2.05, 4.69) is 4.90 Å². The number of nitrogens with zero attached hydrogens (tertiary/aromatic N) is 3. The fraction of sp³-hybridized carbons (Fsp3) is 0.600. The largest absolute Gasteiger partial charge is 0.348 e. The van der Waals surface area contributed by atoms with Crippen molar-refractivity contribution >= 4 is 23.4 Å². The van der Waals surface area contributed by atoms with Crippen molar-refractivity contribution in [3.63, 3.8) is 0 Å². The summed E-state index contributed by atoms with van der Waals surface area (Å²) in [5.74, 6) is -0.611. The lowest BCUT2D eigenvalue weighted by atomic mass is 9.87. The van der Waals surface area contributed by atoms with Crippen molar-refractivity contribution in [3.05, 3.63) is 34.6 Å². The van der Waals surface area contributed by atoms with Gasteiger partial charge in [0, 0.05) is 38.3 Å². The van der Waals surface area contributed by atoms with E-state index in [0.717, 1.165) is 38.6 Å². The van der Waals surface area contributed by atoms with Gasteiger partial charge in [-0.2, -0.15) is 0 Å². The molecule has 3 rings (SSSR count). The number of hydrogen-bond acceptors (Lipinski definition) is 3. The van der Waals surface area contributed by atoms with Crippen LogP contribution in [0.5, 0.6) is 0 Å². The third kappa shape index (κ3) is 4.27. The zero-order valence-corrected chi connectivity index (χ0v) is 16.8. The Hall–Kier alpha value is -1.66. The topological polar surface area (TPSA) is 43.9 Å². The highest BCUT2D eigenvalue weighted by atomic mass is 35.5. The molecule has 2 amide bonds. The van der Waals surface area contributed by atoms with Crippen LogP contribution in [0.15, 0.2) is 18.2 Å². The first kappa shape index (κ1) is 20.1. The normalized spacial score (nSPS) is 23.5. The molecule has 5 nitrogen and oxygen atoms in total. The van der Waals surface area contributed by atoms with E-state index < -0.39 is 5.82 Å². The van der Waals surface area contributed by atoms with Gasteiger partial charge in [0.2, 0.25) is 5.91 Å². The summed E-state index contributed by atoms with van der Waals surface area (Å²) in [7, 11) is 3.56. The quantitative estimate of drug-likeness (QED) is 0.790. The Morgan fingerprint density at radius 1 is 1.15 bits per heavy atom. The maximum Gasteiger partial charge on any atom is 0.253 e. The Bertz CT molecular complexity index is 727. The maximum atomic E-state index is 13.7. The average molecular weight is 396 g/mol. The van der Waals surface area contributed by atoms with Gasteiger partial charge in [0.1, 0.15) is 5.82 Å². The number of amides is 2. The second-order valence-electron chi connectivity index (χ2n) is 7.81. The van der Waals surface area contributed by atoms with Gasteiger partial charge in [-0.1, -0.05) is 11.6 Å². The molecule has 1 unspecified atom stereocenters. The summed E-state index contributed by atoms with van der Waals surface area (Å²) in [5.41, 5.74) is 0.324. The molecule has 1 atom stereocenters. The van der Waals surface area contributed by atoms with E-state index in [-0.39, 0.29) is 22.4 Å². The van der Waals surface area contributed by atoms with E-state index in [0.29, 0.717) is 25.2 Å². The molecule has 2 aliphatic heterocycles. The first-order valence-corrected chi connectivity index (χ1v) is 9.90. The molecule has 1 aromatic rings. The molecule has 0 saturated carbocycles. The molecule has 2 aliphatic rings. The van der Waals surface area contributed by atoms with Gasteiger partial charge in [0.05, 0.1) is 11.6 Å². The average Bonchev–Trinajstić information content (AvgIpc) is 2.88. The van der Waals surface area contributed by atoms with Crippen LogP contribution in [0.2, 0.25) is 5.02 Å². The number of likely N-dealkylation sites (tertiary alicyclic amines) is 2. The van der Waals surface area contributed by atoms with Gasteiger partial charge in [-0.05, 0) is 56.8 Å². The minimum atomic E-state index is -0.571. The minimum Gasteiger partial charge on any atom is -0.348 e. The van der Waals surface area contributed by atoms with Crippen LogP contribution in [-0.4, -0.2) is 72.3 Å². The van der Waals surface area contributed by atoms with Crippen LogP contribution in [0, 0.1) is 5.82 Å². The number of halogens is 2. The monoisotopic (exact) mass is 395 g/mol. The minimum absolute atomic E-state index is 0.00799. The fourth-order valence-corrected chi connectivity index (χ4v) is 4.42. The predicted molar refractivity (Wildman–Crippen MR) is 103 cm³/mol. The van der Waals surface area contributed by atoms with Gasteiger partial charge < -0.3 is 9.80 Å². The smallest absolute Gasteiger partial charge is 0.253 e. The maximum absolute atomic E-state index is 13.7. The second kappa shape index (κ2) is 8.15. The summed E-state index contributed by atoms with van der Waals surface area (Å²) >= 11 is 5.72. The Morgan fingerprint density at radius 3 is 2.52 bits per heavy atom. The molecule has 148 valence electrons. The summed E-state index contributed by atoms with van der Waals surface area (Å²) in [6.45, 7) is 2.63. The third-order valence-corrected chi connectivity index (χ3v) is 6.24. The molecule has 2 saturated heterocycles. The third-order valence-electron chi connectivity index (χ3n) is 5.94. The van der Waals surface area contributed by atoms with Gasteiger partial charge in [0.15, 0.2) is 0 Å². The van der Waals surface area contributed by atoms with E-state index in [1.165, 1.54) is 12.1 Å². The molecular weight excluding hydrogens is 369 g/mol. The van der Waals surface area contributed by atoms with Gasteiger partial charge >= 0.3 is 0 Å². The number of likely N-dealkylation sites (N-methyl/N-ethyl adjacent to an activating group) is 1. The molecule has 0 N–H and O–H groups in total. The van der Waals surface area contributed by atoms with Crippen LogP contribution in [0.3, 0.4) is 0 Å². The molecule has 2 fully saturated rings. The van der Waals surface area contributed by atoms with Crippen molar-refractivity contribution in [2.45, 2.75) is 37.6 Å². The molecule has 0 aliphatic carbocycles. The summed E-state index contributed by atoms with van der Waals surface area (Å²) < 4.78 is 13.7. The molecule has 1 spiro atoms. The second-order valence-corrected chi connectivity index (χ2v) is 8.22. The lowest BCUT2D eigenvalue weighted by Gasteiger charge is -2.38. The summed E-state index contributed by atoms with van der Waals surface area (Å²) in [6.07, 6.45) is 4.85. The highest BCUT2D eigenvalue weighted by Crippen LogP contribution is 2.38. The lowest BCUT2D eigenvalue weighted by Crippen LogP contribution is -2.48. The number of hydrogen-bond donors (Lipinski definition) is 0. The Kier molecular flexibility index (Phi) is 6.06. The number of carbonyl (C=O) groups is 2. The van der Waals surface area contributed by atoms with Gasteiger partial charge in [-0.25, -0.2) is 4.39 Å². The molecule has 0 radical (unpaired) electrons. The van der Waals surface area contributed by atoms with Crippen molar-refractivity contribution in [1.82, 2.24) is 14.7 Å². The van der Waals surface area contributed by atoms with Crippen LogP contribution in [0.1, 0.15) is 42.5 Å². The van der Waals surface area contributed by atoms with Crippen LogP contribution in [0.4, 0.5) is 4.39 Å². The van der Waals surface area contributed by atoms with Gasteiger partial charge in [0.25, 0.3) is 5.91 Å². The summed E-state index contributed by atoms with van der Waals surface area (Å²) in [4.78, 5) is 30.8. The van der Waals surface area contributed by atoms with Crippen LogP contribution in [0.25, 0.3) is 0 Å². The molecule has 2 heterocycles. The first-order chi connectivity index (χ1) is 12.8. The van der Waals surface area contributed by atoms with Crippen LogP contribution < -0.4 is 0 Å². The van der Waals surface area contributed by atoms with Crippen LogP contribution >= 0.6 is 11.6 Å². The van der Waals surface area contributed by atoms with E-state index in [4.69, 9.17) is 11.6 Å². The summed E-state index contributed by atoms with van der Waals surface area (Å²) in [5, 5.41) is 0.0218. The number of carbonyl (C=O) groups excluding carboxylic acids is 2. The SMILES string of the molecule is CN(C)C(=O)CN1CCCC12CCCN(C(=O)c1ccc(Cl)c(F)c1)CC2. The standard InChI is InChI=1S/C20H27ClFN3O2/c1-23(2)18(26)14-25-11-4-8-20(25)7-3-10-24(12-9-20)19(27)15-5-6-16(21)17(22)13-15/h5-6,13H,3-4,7-12,14H2,1-2H3. The fourth-order valence-electron chi connectivity index (χ4n) is 4.31. The Morgan fingerprint density at radius 2 is 1.85 bits per heavy atom. The van der Waals surface area contributed by atoms with E-state index in [1.54, 1.807) is 25.1 Å². The number of rotatable bonds is 3. The van der Waals surface area contributed by atoms with E-state index in [9.17, 15) is 14.0 Å². The predicted octanol–water partition coefficient (Wildman–Crippen LogP) is 3.03. The zero-order chi connectivity index (χ0) is 19.6. The van der Waals surface area contributed by atoms with Gasteiger partial charge in [-0.3, -0.25) is 14.5 Å². The Labute approximate surface area is 165 Å².